The Balaban J connectivity index is 2.99. The van der Waals surface area contributed by atoms with Crippen molar-refractivity contribution in [3.8, 4) is 0 Å². The summed E-state index contributed by atoms with van der Waals surface area (Å²) in [5.74, 6) is 0.0937. The summed E-state index contributed by atoms with van der Waals surface area (Å²) in [6.07, 6.45) is 0.701. The Morgan fingerprint density at radius 3 is 2.88 bits per heavy atom. The Morgan fingerprint density at radius 2 is 2.29 bits per heavy atom. The molecule has 0 aliphatic rings. The molecule has 6 heteroatoms. The van der Waals surface area contributed by atoms with Crippen LogP contribution < -0.4 is 5.73 Å². The van der Waals surface area contributed by atoms with Crippen LogP contribution in [0.3, 0.4) is 0 Å². The summed E-state index contributed by atoms with van der Waals surface area (Å²) in [6.45, 7) is 2.18. The van der Waals surface area contributed by atoms with Gasteiger partial charge in [0.2, 0.25) is 0 Å². The molecule has 0 radical (unpaired) electrons. The molecule has 0 aliphatic heterocycles. The fraction of sp³-hybridized carbons (Fsp3) is 0.364. The summed E-state index contributed by atoms with van der Waals surface area (Å²) in [7, 11) is 0. The number of thioether (sulfide) groups is 1. The molecule has 0 aliphatic carbocycles. The third-order valence-corrected chi connectivity index (χ3v) is 3.91. The molecule has 1 rings (SSSR count). The lowest BCUT2D eigenvalue weighted by atomic mass is 10.2. The maximum atomic E-state index is 8.88. The van der Waals surface area contributed by atoms with Gasteiger partial charge in [-0.2, -0.15) is 0 Å². The molecular formula is C11H15BrN2O2S. The van der Waals surface area contributed by atoms with Crippen LogP contribution >= 0.6 is 27.7 Å². The summed E-state index contributed by atoms with van der Waals surface area (Å²) in [5.41, 5.74) is 6.32. The minimum absolute atomic E-state index is 0.0937. The van der Waals surface area contributed by atoms with Gasteiger partial charge in [0.05, 0.1) is 0 Å². The van der Waals surface area contributed by atoms with Gasteiger partial charge in [-0.15, -0.1) is 11.8 Å². The standard InChI is InChI=1S/C11H15BrN2O2S/c1-7(4-5-15)17-10-6-8(12)2-3-9(10)11(13)14-16/h2-3,6-7,15-16H,4-5H2,1H3,(H2,13,14). The maximum absolute atomic E-state index is 8.88. The summed E-state index contributed by atoms with van der Waals surface area (Å²) >= 11 is 4.98. The molecule has 0 saturated heterocycles. The summed E-state index contributed by atoms with van der Waals surface area (Å²) in [4.78, 5) is 0.927. The van der Waals surface area contributed by atoms with Gasteiger partial charge in [0.25, 0.3) is 0 Å². The highest BCUT2D eigenvalue weighted by atomic mass is 79.9. The molecule has 17 heavy (non-hydrogen) atoms. The minimum Gasteiger partial charge on any atom is -0.409 e. The Labute approximate surface area is 113 Å². The van der Waals surface area contributed by atoms with Crippen molar-refractivity contribution in [1.82, 2.24) is 0 Å². The van der Waals surface area contributed by atoms with Crippen molar-refractivity contribution in [2.75, 3.05) is 6.61 Å². The van der Waals surface area contributed by atoms with Crippen LogP contribution in [0.25, 0.3) is 0 Å². The minimum atomic E-state index is 0.0937. The molecule has 1 aromatic carbocycles. The average molecular weight is 319 g/mol. The van der Waals surface area contributed by atoms with E-state index < -0.39 is 0 Å². The van der Waals surface area contributed by atoms with Crippen molar-refractivity contribution in [3.63, 3.8) is 0 Å². The third kappa shape index (κ3) is 4.22. The number of hydrogen-bond acceptors (Lipinski definition) is 4. The Bertz CT molecular complexity index is 412. The van der Waals surface area contributed by atoms with E-state index in [2.05, 4.69) is 21.1 Å². The molecule has 1 atom stereocenters. The second kappa shape index (κ2) is 6.88. The van der Waals surface area contributed by atoms with Crippen LogP contribution in [0.4, 0.5) is 0 Å². The summed E-state index contributed by atoms with van der Waals surface area (Å²) in [6, 6.07) is 5.56. The van der Waals surface area contributed by atoms with Crippen LogP contribution in [0.15, 0.2) is 32.7 Å². The molecule has 0 saturated carbocycles. The van der Waals surface area contributed by atoms with Gasteiger partial charge in [-0.05, 0) is 24.6 Å². The topological polar surface area (TPSA) is 78.8 Å². The number of halogens is 1. The van der Waals surface area contributed by atoms with E-state index in [1.165, 1.54) is 0 Å². The van der Waals surface area contributed by atoms with E-state index in [1.54, 1.807) is 17.8 Å². The Kier molecular flexibility index (Phi) is 5.80. The summed E-state index contributed by atoms with van der Waals surface area (Å²) in [5, 5.41) is 20.9. The van der Waals surface area contributed by atoms with E-state index in [1.807, 2.05) is 19.1 Å². The van der Waals surface area contributed by atoms with Crippen LogP contribution in [0.1, 0.15) is 18.9 Å². The lowest BCUT2D eigenvalue weighted by molar-refractivity contribution is 0.289. The molecule has 0 amide bonds. The number of nitrogens with two attached hydrogens (primary N) is 1. The lowest BCUT2D eigenvalue weighted by Crippen LogP contribution is -2.14. The molecule has 1 aromatic rings. The first kappa shape index (κ1) is 14.3. The number of benzene rings is 1. The van der Waals surface area contributed by atoms with E-state index in [4.69, 9.17) is 16.0 Å². The van der Waals surface area contributed by atoms with Crippen LogP contribution in [-0.4, -0.2) is 28.0 Å². The average Bonchev–Trinajstić information content (AvgIpc) is 2.28. The molecule has 0 spiro atoms. The van der Waals surface area contributed by atoms with Crippen molar-refractivity contribution in [2.24, 2.45) is 10.9 Å². The maximum Gasteiger partial charge on any atom is 0.171 e. The van der Waals surface area contributed by atoms with Gasteiger partial charge in [0.1, 0.15) is 0 Å². The van der Waals surface area contributed by atoms with Crippen molar-refractivity contribution in [2.45, 2.75) is 23.5 Å². The van der Waals surface area contributed by atoms with Crippen LogP contribution in [-0.2, 0) is 0 Å². The molecule has 4 N–H and O–H groups in total. The second-order valence-electron chi connectivity index (χ2n) is 3.57. The van der Waals surface area contributed by atoms with Crippen LogP contribution in [0.5, 0.6) is 0 Å². The molecule has 0 fully saturated rings. The Morgan fingerprint density at radius 1 is 1.59 bits per heavy atom. The zero-order chi connectivity index (χ0) is 12.8. The number of amidine groups is 1. The van der Waals surface area contributed by atoms with Gasteiger partial charge < -0.3 is 16.0 Å². The van der Waals surface area contributed by atoms with Crippen molar-refractivity contribution in [3.05, 3.63) is 28.2 Å². The first-order chi connectivity index (χ1) is 8.08. The molecule has 94 valence electrons. The lowest BCUT2D eigenvalue weighted by Gasteiger charge is -2.13. The van der Waals surface area contributed by atoms with E-state index in [-0.39, 0.29) is 17.7 Å². The highest BCUT2D eigenvalue weighted by molar-refractivity contribution is 9.10. The zero-order valence-electron chi connectivity index (χ0n) is 9.43. The predicted octanol–water partition coefficient (Wildman–Crippen LogP) is 2.41. The van der Waals surface area contributed by atoms with Crippen LogP contribution in [0.2, 0.25) is 0 Å². The quantitative estimate of drug-likeness (QED) is 0.256. The number of nitrogens with zero attached hydrogens (tertiary/aromatic N) is 1. The van der Waals surface area contributed by atoms with Gasteiger partial charge in [-0.25, -0.2) is 0 Å². The number of hydrogen-bond donors (Lipinski definition) is 3. The fourth-order valence-electron chi connectivity index (χ4n) is 1.32. The molecule has 0 bridgehead atoms. The first-order valence-corrected chi connectivity index (χ1v) is 6.80. The zero-order valence-corrected chi connectivity index (χ0v) is 11.8. The van der Waals surface area contributed by atoms with E-state index >= 15 is 0 Å². The molecule has 1 unspecified atom stereocenters. The van der Waals surface area contributed by atoms with E-state index in [9.17, 15) is 0 Å². The predicted molar refractivity (Wildman–Crippen MR) is 73.7 cm³/mol. The molecule has 4 nitrogen and oxygen atoms in total. The molecule has 0 heterocycles. The highest BCUT2D eigenvalue weighted by Gasteiger charge is 2.11. The number of oxime groups is 1. The first-order valence-electron chi connectivity index (χ1n) is 5.13. The van der Waals surface area contributed by atoms with Gasteiger partial charge in [0.15, 0.2) is 5.84 Å². The van der Waals surface area contributed by atoms with Crippen molar-refractivity contribution in [1.29, 1.82) is 0 Å². The van der Waals surface area contributed by atoms with Crippen molar-refractivity contribution >= 4 is 33.5 Å². The fourth-order valence-corrected chi connectivity index (χ4v) is 2.98. The number of rotatable bonds is 5. The van der Waals surface area contributed by atoms with E-state index in [0.717, 1.165) is 9.37 Å². The van der Waals surface area contributed by atoms with Gasteiger partial charge in [-0.3, -0.25) is 0 Å². The second-order valence-corrected chi connectivity index (χ2v) is 5.96. The van der Waals surface area contributed by atoms with Gasteiger partial charge in [-0.1, -0.05) is 28.0 Å². The smallest absolute Gasteiger partial charge is 0.171 e. The number of aliphatic hydroxyl groups is 1. The molecular weight excluding hydrogens is 304 g/mol. The van der Waals surface area contributed by atoms with Crippen molar-refractivity contribution < 1.29 is 10.3 Å². The largest absolute Gasteiger partial charge is 0.409 e. The Hall–Kier alpha value is -0.720. The van der Waals surface area contributed by atoms with E-state index in [0.29, 0.717) is 12.0 Å². The normalized spacial score (nSPS) is 13.7. The van der Waals surface area contributed by atoms with Crippen LogP contribution in [0, 0.1) is 0 Å². The van der Waals surface area contributed by atoms with Gasteiger partial charge in [0, 0.05) is 26.8 Å². The highest BCUT2D eigenvalue weighted by Crippen LogP contribution is 2.30. The third-order valence-electron chi connectivity index (χ3n) is 2.19. The SMILES string of the molecule is CC(CCO)Sc1cc(Br)ccc1/C(N)=N/O. The summed E-state index contributed by atoms with van der Waals surface area (Å²) < 4.78 is 0.936. The van der Waals surface area contributed by atoms with Gasteiger partial charge >= 0.3 is 0 Å². The monoisotopic (exact) mass is 318 g/mol. The number of aliphatic hydroxyl groups excluding tert-OH is 1. The molecule has 0 aromatic heterocycles.